The Kier molecular flexibility index (Phi) is 10.5. The van der Waals surface area contributed by atoms with Gasteiger partial charge in [0.25, 0.3) is 0 Å². The molecule has 8 rings (SSSR count). The summed E-state index contributed by atoms with van der Waals surface area (Å²) in [6.45, 7) is 22.3. The molecule has 48 heavy (non-hydrogen) atoms. The number of rotatable bonds is 0. The maximum Gasteiger partial charge on any atom is 0.400 e. The molecule has 10 heteroatoms. The minimum absolute atomic E-state index is 0.967. The molecule has 4 heterocycles. The topological polar surface area (TPSA) is 36.9 Å². The summed E-state index contributed by atoms with van der Waals surface area (Å²) in [5.74, 6) is 6.82. The zero-order valence-electron chi connectivity index (χ0n) is 30.0. The second-order valence-corrected chi connectivity index (χ2v) is 36.7. The van der Waals surface area contributed by atoms with Crippen LogP contribution in [0.4, 0.5) is 0 Å². The molecule has 0 spiro atoms. The van der Waals surface area contributed by atoms with Crippen molar-refractivity contribution in [3.8, 4) is 22.9 Å². The summed E-state index contributed by atoms with van der Waals surface area (Å²) in [7, 11) is -15.8. The van der Waals surface area contributed by atoms with Crippen LogP contribution in [-0.2, 0) is 16.5 Å². The Morgan fingerprint density at radius 1 is 0.333 bits per heavy atom. The Bertz CT molecular complexity index is 1640. The van der Waals surface area contributed by atoms with Crippen molar-refractivity contribution in [2.75, 3.05) is 0 Å². The Labute approximate surface area is 294 Å². The van der Waals surface area contributed by atoms with Crippen molar-refractivity contribution >= 4 is 71.1 Å². The highest BCUT2D eigenvalue weighted by atomic mass is 28.5. The average Bonchev–Trinajstić information content (AvgIpc) is 3.03. The fourth-order valence-corrected chi connectivity index (χ4v) is 30.3. The summed E-state index contributed by atoms with van der Waals surface area (Å²) >= 11 is 0. The van der Waals surface area contributed by atoms with Gasteiger partial charge in [-0.25, -0.2) is 0 Å². The highest BCUT2D eigenvalue weighted by Crippen LogP contribution is 2.24. The van der Waals surface area contributed by atoms with Gasteiger partial charge in [-0.1, -0.05) is 108 Å². The van der Waals surface area contributed by atoms with Gasteiger partial charge in [-0.05, 0) is 110 Å². The van der Waals surface area contributed by atoms with E-state index in [9.17, 15) is 0 Å². The van der Waals surface area contributed by atoms with Gasteiger partial charge in [0.05, 0.1) is 0 Å². The molecule has 4 bridgehead atoms. The van der Waals surface area contributed by atoms with Crippen LogP contribution in [0.5, 0.6) is 0 Å². The third-order valence-corrected chi connectivity index (χ3v) is 31.2. The molecule has 0 radical (unpaired) electrons. The third kappa shape index (κ3) is 8.83. The smallest absolute Gasteiger partial charge is 0.400 e. The molecular weight excluding hydrogens is 689 g/mol. The van der Waals surface area contributed by atoms with Crippen molar-refractivity contribution in [1.29, 1.82) is 0 Å². The summed E-state index contributed by atoms with van der Waals surface area (Å²) in [5, 5.41) is 4.83. The Balaban J connectivity index is 1.63. The van der Waals surface area contributed by atoms with Crippen LogP contribution in [0.15, 0.2) is 109 Å². The van der Waals surface area contributed by atoms with E-state index in [4.69, 9.17) is 16.5 Å². The highest BCUT2D eigenvalue weighted by Gasteiger charge is 2.47. The quantitative estimate of drug-likeness (QED) is 0.154. The first kappa shape index (κ1) is 36.4. The summed E-state index contributed by atoms with van der Waals surface area (Å²) in [6, 6.07) is 38.1. The second-order valence-electron chi connectivity index (χ2n) is 14.7. The fraction of sp³-hybridized carbons (Fsp3) is 0.263. The molecule has 0 atom stereocenters. The minimum Gasteiger partial charge on any atom is -0.424 e. The van der Waals surface area contributed by atoms with Gasteiger partial charge in [-0.2, -0.15) is 0 Å². The Morgan fingerprint density at radius 3 is 0.792 bits per heavy atom. The first-order valence-electron chi connectivity index (χ1n) is 16.6. The minimum atomic E-state index is -3.00. The normalized spacial score (nSPS) is 24.2. The maximum atomic E-state index is 7.21. The predicted octanol–water partition coefficient (Wildman–Crippen LogP) is 6.44. The van der Waals surface area contributed by atoms with Crippen LogP contribution in [-0.4, -0.2) is 50.4 Å². The van der Waals surface area contributed by atoms with E-state index in [-0.39, 0.29) is 0 Å². The van der Waals surface area contributed by atoms with Crippen molar-refractivity contribution < 1.29 is 16.5 Å². The lowest BCUT2D eigenvalue weighted by Crippen LogP contribution is -2.62. The van der Waals surface area contributed by atoms with Crippen LogP contribution < -0.4 is 20.7 Å². The lowest BCUT2D eigenvalue weighted by Gasteiger charge is -2.39. The molecule has 4 aliphatic heterocycles. The van der Waals surface area contributed by atoms with E-state index in [1.165, 1.54) is 20.7 Å². The van der Waals surface area contributed by atoms with Gasteiger partial charge >= 0.3 is 17.1 Å². The Hall–Kier alpha value is -2.86. The molecule has 0 unspecified atom stereocenters. The van der Waals surface area contributed by atoms with Crippen LogP contribution >= 0.6 is 0 Å². The van der Waals surface area contributed by atoms with Crippen LogP contribution in [0.3, 0.4) is 0 Å². The van der Waals surface area contributed by atoms with Gasteiger partial charge in [0, 0.05) is 11.1 Å². The lowest BCUT2D eigenvalue weighted by atomic mass is 10.2. The molecule has 248 valence electrons. The van der Waals surface area contributed by atoms with Crippen LogP contribution in [0.1, 0.15) is 11.1 Å². The molecule has 0 N–H and O–H groups in total. The highest BCUT2D eigenvalue weighted by molar-refractivity contribution is 7.00. The molecule has 4 aliphatic rings. The monoisotopic (exact) mass is 736 g/mol. The van der Waals surface area contributed by atoms with Gasteiger partial charge in [-0.3, -0.25) is 0 Å². The van der Waals surface area contributed by atoms with Gasteiger partial charge in [0.2, 0.25) is 33.3 Å². The van der Waals surface area contributed by atoms with Gasteiger partial charge in [-0.15, -0.1) is 0 Å². The van der Waals surface area contributed by atoms with Crippen LogP contribution in [0.2, 0.25) is 65.5 Å². The Morgan fingerprint density at radius 2 is 0.562 bits per heavy atom. The largest absolute Gasteiger partial charge is 0.424 e. The van der Waals surface area contributed by atoms with Crippen molar-refractivity contribution in [2.45, 2.75) is 65.5 Å². The van der Waals surface area contributed by atoms with Gasteiger partial charge in [0.15, 0.2) is 0 Å². The van der Waals surface area contributed by atoms with Crippen molar-refractivity contribution in [3.05, 3.63) is 120 Å². The first-order chi connectivity index (χ1) is 22.4. The molecule has 4 aromatic carbocycles. The van der Waals surface area contributed by atoms with Crippen molar-refractivity contribution in [1.82, 2.24) is 0 Å². The molecule has 0 saturated heterocycles. The zero-order valence-corrected chi connectivity index (χ0v) is 36.0. The van der Waals surface area contributed by atoms with E-state index >= 15 is 0 Å². The van der Waals surface area contributed by atoms with Gasteiger partial charge < -0.3 is 16.5 Å². The predicted molar refractivity (Wildman–Crippen MR) is 216 cm³/mol. The molecule has 4 nitrogen and oxygen atoms in total. The average molecular weight is 737 g/mol. The molecule has 0 amide bonds. The lowest BCUT2D eigenvalue weighted by molar-refractivity contribution is 0.410. The van der Waals surface area contributed by atoms with Crippen molar-refractivity contribution in [3.63, 3.8) is 0 Å². The van der Waals surface area contributed by atoms with Gasteiger partial charge in [0.1, 0.15) is 0 Å². The molecule has 0 aromatic heterocycles. The maximum absolute atomic E-state index is 7.21. The summed E-state index contributed by atoms with van der Waals surface area (Å²) in [4.78, 5) is 0. The molecule has 0 aliphatic carbocycles. The van der Waals surface area contributed by atoms with E-state index in [1.807, 2.05) is 60.7 Å². The summed E-state index contributed by atoms with van der Waals surface area (Å²) in [6.07, 6.45) is 0. The zero-order chi connectivity index (χ0) is 34.8. The number of hydrogen-bond acceptors (Lipinski definition) is 4. The number of hydrogen-bond donors (Lipinski definition) is 0. The van der Waals surface area contributed by atoms with E-state index in [0.717, 1.165) is 11.1 Å². The number of benzene rings is 4. The third-order valence-electron chi connectivity index (χ3n) is 8.77. The van der Waals surface area contributed by atoms with Crippen LogP contribution in [0, 0.1) is 22.9 Å². The first-order valence-corrected chi connectivity index (χ1v) is 32.9. The van der Waals surface area contributed by atoms with E-state index in [1.54, 1.807) is 0 Å². The molecule has 4 aromatic rings. The molecule has 0 saturated carbocycles. The standard InChI is InChI=1S/C38H48O4Si6/c1-43(2)35-21-23-36(24-22-35)45(5,6)41-48(10,32-30-34-19-15-12-16-20-34)42-46(7,8)38-27-25-37(26-28-38)44(3,4)40-47(9,39-43)31-29-33-17-13-11-14-18-33/h11-28H,1-10H3. The summed E-state index contributed by atoms with van der Waals surface area (Å²) in [5.41, 5.74) is 9.06. The van der Waals surface area contributed by atoms with E-state index in [0.29, 0.717) is 0 Å². The van der Waals surface area contributed by atoms with Crippen molar-refractivity contribution in [2.24, 2.45) is 0 Å². The van der Waals surface area contributed by atoms with E-state index in [2.05, 4.69) is 137 Å². The summed E-state index contributed by atoms with van der Waals surface area (Å²) < 4.78 is 28.8. The molecule has 0 fully saturated rings. The van der Waals surface area contributed by atoms with Crippen LogP contribution in [0.25, 0.3) is 0 Å². The SMILES string of the molecule is C[Si]1(C#Cc2ccccc2)O[Si](C)(C)c2ccc(cc2)[Si](C)(C)O[Si](C)(C#Cc2ccccc2)O[Si](C)(C)c2ccc(cc2)[Si](C)(C)O1. The van der Waals surface area contributed by atoms with E-state index < -0.39 is 50.4 Å². The fourth-order valence-electron chi connectivity index (χ4n) is 6.29. The molecular formula is C38H48O4Si6. The second kappa shape index (κ2) is 13.8.